The predicted octanol–water partition coefficient (Wildman–Crippen LogP) is 2.22. The molecule has 2 rings (SSSR count). The molecule has 0 amide bonds. The third kappa shape index (κ3) is 3.03. The van der Waals surface area contributed by atoms with Crippen LogP contribution >= 0.6 is 11.6 Å². The van der Waals surface area contributed by atoms with Gasteiger partial charge in [0.25, 0.3) is 0 Å². The monoisotopic (exact) mass is 300 g/mol. The molecule has 0 bridgehead atoms. The van der Waals surface area contributed by atoms with Crippen molar-refractivity contribution in [3.8, 4) is 0 Å². The lowest BCUT2D eigenvalue weighted by Crippen LogP contribution is -2.54. The summed E-state index contributed by atoms with van der Waals surface area (Å²) in [5, 5.41) is 20.6. The number of aliphatic hydroxyl groups excluding tert-OH is 1. The molecule has 0 saturated carbocycles. The van der Waals surface area contributed by atoms with E-state index in [0.29, 0.717) is 18.8 Å². The van der Waals surface area contributed by atoms with E-state index in [-0.39, 0.29) is 23.4 Å². The molecule has 0 aliphatic carbocycles. The Hall–Kier alpha value is -1.37. The second kappa shape index (κ2) is 5.55. The summed E-state index contributed by atoms with van der Waals surface area (Å²) in [6.45, 7) is 4.52. The third-order valence-electron chi connectivity index (χ3n) is 3.17. The zero-order chi connectivity index (χ0) is 14.9. The summed E-state index contributed by atoms with van der Waals surface area (Å²) < 4.78 is 5.71. The molecule has 0 spiro atoms. The fourth-order valence-electron chi connectivity index (χ4n) is 2.51. The topological polar surface area (TPSA) is 75.8 Å². The van der Waals surface area contributed by atoms with Gasteiger partial charge in [0.15, 0.2) is 0 Å². The van der Waals surface area contributed by atoms with E-state index < -0.39 is 10.5 Å². The molecule has 1 fully saturated rings. The first-order valence-electron chi connectivity index (χ1n) is 6.30. The van der Waals surface area contributed by atoms with Gasteiger partial charge in [0.2, 0.25) is 0 Å². The normalized spacial score (nSPS) is 21.8. The highest BCUT2D eigenvalue weighted by Crippen LogP contribution is 2.37. The first-order chi connectivity index (χ1) is 9.34. The van der Waals surface area contributed by atoms with Gasteiger partial charge in [-0.15, -0.1) is 0 Å². The number of nitro groups is 1. The Morgan fingerprint density at radius 2 is 2.30 bits per heavy atom. The molecule has 1 N–H and O–H groups in total. The molecule has 110 valence electrons. The maximum Gasteiger partial charge on any atom is 0.310 e. The number of benzene rings is 1. The highest BCUT2D eigenvalue weighted by molar-refractivity contribution is 6.33. The van der Waals surface area contributed by atoms with Crippen LogP contribution in [0.15, 0.2) is 18.2 Å². The van der Waals surface area contributed by atoms with Crippen LogP contribution in [0.3, 0.4) is 0 Å². The van der Waals surface area contributed by atoms with Gasteiger partial charge in [-0.1, -0.05) is 17.7 Å². The predicted molar refractivity (Wildman–Crippen MR) is 76.4 cm³/mol. The Labute approximate surface area is 122 Å². The van der Waals surface area contributed by atoms with Gasteiger partial charge in [-0.3, -0.25) is 10.1 Å². The Morgan fingerprint density at radius 1 is 1.60 bits per heavy atom. The number of rotatable bonds is 3. The third-order valence-corrected chi connectivity index (χ3v) is 3.48. The molecule has 7 heteroatoms. The van der Waals surface area contributed by atoms with Gasteiger partial charge < -0.3 is 14.7 Å². The minimum atomic E-state index is -0.498. The molecule has 20 heavy (non-hydrogen) atoms. The quantitative estimate of drug-likeness (QED) is 0.684. The summed E-state index contributed by atoms with van der Waals surface area (Å²) in [4.78, 5) is 12.6. The number of hydrogen-bond acceptors (Lipinski definition) is 5. The van der Waals surface area contributed by atoms with Crippen molar-refractivity contribution >= 4 is 23.0 Å². The minimum Gasteiger partial charge on any atom is -0.394 e. The second-order valence-electron chi connectivity index (χ2n) is 5.43. The zero-order valence-electron chi connectivity index (χ0n) is 11.4. The molecular weight excluding hydrogens is 284 g/mol. The smallest absolute Gasteiger partial charge is 0.310 e. The van der Waals surface area contributed by atoms with E-state index in [1.54, 1.807) is 12.1 Å². The van der Waals surface area contributed by atoms with E-state index >= 15 is 0 Å². The van der Waals surface area contributed by atoms with Crippen LogP contribution in [0.1, 0.15) is 13.8 Å². The average Bonchev–Trinajstić information content (AvgIpc) is 2.36. The Balaban J connectivity index is 2.40. The van der Waals surface area contributed by atoms with Crippen LogP contribution < -0.4 is 4.90 Å². The second-order valence-corrected chi connectivity index (χ2v) is 5.83. The van der Waals surface area contributed by atoms with E-state index in [4.69, 9.17) is 16.3 Å². The van der Waals surface area contributed by atoms with Gasteiger partial charge >= 0.3 is 5.69 Å². The van der Waals surface area contributed by atoms with Crippen molar-refractivity contribution in [2.45, 2.75) is 25.6 Å². The van der Waals surface area contributed by atoms with E-state index in [2.05, 4.69) is 0 Å². The maximum absolute atomic E-state index is 11.2. The van der Waals surface area contributed by atoms with E-state index in [1.807, 2.05) is 18.7 Å². The number of hydrogen-bond donors (Lipinski definition) is 1. The Morgan fingerprint density at radius 3 is 2.90 bits per heavy atom. The van der Waals surface area contributed by atoms with Crippen LogP contribution in [-0.2, 0) is 4.74 Å². The molecule has 1 aromatic carbocycles. The van der Waals surface area contributed by atoms with E-state index in [1.165, 1.54) is 6.07 Å². The summed E-state index contributed by atoms with van der Waals surface area (Å²) in [6, 6.07) is 4.85. The van der Waals surface area contributed by atoms with Gasteiger partial charge in [0, 0.05) is 13.1 Å². The standard InChI is InChI=1S/C13H17ClN2O4/c1-13(2)8-15(6-9(7-17)20-13)11-5-3-4-10(14)12(11)16(18)19/h3-5,9,17H,6-8H2,1-2H3. The largest absolute Gasteiger partial charge is 0.394 e. The molecule has 1 aliphatic rings. The van der Waals surface area contributed by atoms with Gasteiger partial charge in [0.1, 0.15) is 10.7 Å². The lowest BCUT2D eigenvalue weighted by Gasteiger charge is -2.43. The fourth-order valence-corrected chi connectivity index (χ4v) is 2.75. The molecule has 1 heterocycles. The van der Waals surface area contributed by atoms with Crippen molar-refractivity contribution < 1.29 is 14.8 Å². The molecule has 1 saturated heterocycles. The molecule has 1 atom stereocenters. The number of nitrogens with zero attached hydrogens (tertiary/aromatic N) is 2. The Kier molecular flexibility index (Phi) is 4.17. The van der Waals surface area contributed by atoms with Crippen LogP contribution in [0.4, 0.5) is 11.4 Å². The number of aliphatic hydroxyl groups is 1. The van der Waals surface area contributed by atoms with Crippen LogP contribution in [-0.4, -0.2) is 41.4 Å². The lowest BCUT2D eigenvalue weighted by atomic mass is 10.0. The highest BCUT2D eigenvalue weighted by Gasteiger charge is 2.36. The summed E-state index contributed by atoms with van der Waals surface area (Å²) in [6.07, 6.45) is -0.377. The highest BCUT2D eigenvalue weighted by atomic mass is 35.5. The summed E-state index contributed by atoms with van der Waals surface area (Å²) in [7, 11) is 0. The first kappa shape index (κ1) is 15.0. The SMILES string of the molecule is CC1(C)CN(c2cccc(Cl)c2[N+](=O)[O-])CC(CO)O1. The van der Waals surface area contributed by atoms with Gasteiger partial charge in [0.05, 0.1) is 23.2 Å². The van der Waals surface area contributed by atoms with Crippen LogP contribution in [0.25, 0.3) is 0 Å². The number of morpholine rings is 1. The van der Waals surface area contributed by atoms with Crippen molar-refractivity contribution in [3.05, 3.63) is 33.3 Å². The first-order valence-corrected chi connectivity index (χ1v) is 6.68. The number of para-hydroxylation sites is 1. The molecule has 1 aliphatic heterocycles. The van der Waals surface area contributed by atoms with Crippen LogP contribution in [0, 0.1) is 10.1 Å². The summed E-state index contributed by atoms with van der Waals surface area (Å²) in [5.74, 6) is 0. The number of anilines is 1. The van der Waals surface area contributed by atoms with Gasteiger partial charge in [-0.05, 0) is 26.0 Å². The molecule has 0 radical (unpaired) electrons. The van der Waals surface area contributed by atoms with Crippen LogP contribution in [0.5, 0.6) is 0 Å². The minimum absolute atomic E-state index is 0.108. The van der Waals surface area contributed by atoms with E-state index in [9.17, 15) is 15.2 Å². The molecule has 1 aromatic rings. The van der Waals surface area contributed by atoms with Crippen molar-refractivity contribution in [3.63, 3.8) is 0 Å². The van der Waals surface area contributed by atoms with E-state index in [0.717, 1.165) is 0 Å². The molecule has 6 nitrogen and oxygen atoms in total. The van der Waals surface area contributed by atoms with Crippen molar-refractivity contribution in [2.75, 3.05) is 24.6 Å². The Bertz CT molecular complexity index is 521. The van der Waals surface area contributed by atoms with Crippen LogP contribution in [0.2, 0.25) is 5.02 Å². The van der Waals surface area contributed by atoms with Gasteiger partial charge in [-0.2, -0.15) is 0 Å². The average molecular weight is 301 g/mol. The number of ether oxygens (including phenoxy) is 1. The molecule has 0 aromatic heterocycles. The van der Waals surface area contributed by atoms with Crippen molar-refractivity contribution in [2.24, 2.45) is 0 Å². The van der Waals surface area contributed by atoms with Gasteiger partial charge in [-0.25, -0.2) is 0 Å². The molecule has 1 unspecified atom stereocenters. The molecular formula is C13H17ClN2O4. The number of halogens is 1. The fraction of sp³-hybridized carbons (Fsp3) is 0.538. The number of nitro benzene ring substituents is 1. The summed E-state index contributed by atoms with van der Waals surface area (Å²) >= 11 is 5.94. The summed E-state index contributed by atoms with van der Waals surface area (Å²) in [5.41, 5.74) is -0.150. The lowest BCUT2D eigenvalue weighted by molar-refractivity contribution is -0.384. The van der Waals surface area contributed by atoms with Crippen molar-refractivity contribution in [1.29, 1.82) is 0 Å². The zero-order valence-corrected chi connectivity index (χ0v) is 12.1. The maximum atomic E-state index is 11.2. The van der Waals surface area contributed by atoms with Crippen molar-refractivity contribution in [1.82, 2.24) is 0 Å².